The highest BCUT2D eigenvalue weighted by Crippen LogP contribution is 2.22. The number of aryl methyl sites for hydroxylation is 1. The Kier molecular flexibility index (Phi) is 5.19. The van der Waals surface area contributed by atoms with Crippen molar-refractivity contribution in [2.24, 2.45) is 0 Å². The smallest absolute Gasteiger partial charge is 0.335 e. The fourth-order valence-corrected chi connectivity index (χ4v) is 3.25. The third kappa shape index (κ3) is 4.40. The van der Waals surface area contributed by atoms with Crippen molar-refractivity contribution in [3.05, 3.63) is 60.2 Å². The molecule has 148 valence electrons. The van der Waals surface area contributed by atoms with E-state index < -0.39 is 5.97 Å². The molecule has 2 N–H and O–H groups in total. The van der Waals surface area contributed by atoms with Crippen LogP contribution in [0.4, 0.5) is 23.3 Å². The number of nitrogens with zero attached hydrogens (tertiary/aromatic N) is 6. The Labute approximate surface area is 168 Å². The second-order valence-electron chi connectivity index (χ2n) is 6.69. The van der Waals surface area contributed by atoms with Gasteiger partial charge in [-0.1, -0.05) is 6.07 Å². The number of piperazine rings is 1. The summed E-state index contributed by atoms with van der Waals surface area (Å²) in [5, 5.41) is 12.3. The molecule has 0 unspecified atom stereocenters. The number of carbonyl (C=O) groups is 1. The van der Waals surface area contributed by atoms with E-state index in [0.29, 0.717) is 17.3 Å². The number of carboxylic acid groups (broad SMARTS) is 1. The Hall–Kier alpha value is -3.75. The normalized spacial score (nSPS) is 14.0. The maximum Gasteiger partial charge on any atom is 0.335 e. The number of carboxylic acids is 1. The minimum Gasteiger partial charge on any atom is -0.478 e. The third-order valence-corrected chi connectivity index (χ3v) is 4.65. The fourth-order valence-electron chi connectivity index (χ4n) is 3.25. The highest BCUT2D eigenvalue weighted by molar-refractivity contribution is 5.89. The number of hydrogen-bond donors (Lipinski definition) is 2. The zero-order valence-electron chi connectivity index (χ0n) is 16.0. The molecule has 4 rings (SSSR count). The maximum atomic E-state index is 11.2. The minimum atomic E-state index is -0.964. The lowest BCUT2D eigenvalue weighted by molar-refractivity contribution is 0.0697. The molecule has 9 heteroatoms. The monoisotopic (exact) mass is 391 g/mol. The molecule has 0 amide bonds. The summed E-state index contributed by atoms with van der Waals surface area (Å²) in [6.45, 7) is 5.04. The van der Waals surface area contributed by atoms with Gasteiger partial charge < -0.3 is 20.2 Å². The van der Waals surface area contributed by atoms with Crippen molar-refractivity contribution in [3.8, 4) is 0 Å². The Morgan fingerprint density at radius 2 is 1.72 bits per heavy atom. The average molecular weight is 391 g/mol. The predicted molar refractivity (Wildman–Crippen MR) is 110 cm³/mol. The predicted octanol–water partition coefficient (Wildman–Crippen LogP) is 2.34. The molecule has 0 aliphatic carbocycles. The Bertz CT molecular complexity index is 1000. The number of nitrogens with one attached hydrogen (secondary N) is 1. The van der Waals surface area contributed by atoms with Gasteiger partial charge in [-0.2, -0.15) is 0 Å². The van der Waals surface area contributed by atoms with Crippen molar-refractivity contribution in [2.75, 3.05) is 41.3 Å². The molecule has 9 nitrogen and oxygen atoms in total. The molecule has 1 fully saturated rings. The Morgan fingerprint density at radius 1 is 1.00 bits per heavy atom. The molecule has 0 radical (unpaired) electrons. The summed E-state index contributed by atoms with van der Waals surface area (Å²) in [6, 6.07) is 10.3. The zero-order chi connectivity index (χ0) is 20.2. The topological polar surface area (TPSA) is 107 Å². The third-order valence-electron chi connectivity index (χ3n) is 4.65. The number of anilines is 4. The van der Waals surface area contributed by atoms with Crippen LogP contribution in [0.2, 0.25) is 0 Å². The lowest BCUT2D eigenvalue weighted by Crippen LogP contribution is -2.47. The standard InChI is InChI=1S/C20H21N7O2/c1-14-23-17(25-16-5-2-4-15(12-16)19(28)29)13-18(24-14)26-8-10-27(11-9-26)20-21-6-3-7-22-20/h2-7,12-13H,8-11H2,1H3,(H,28,29)(H,23,24,25). The van der Waals surface area contributed by atoms with Gasteiger partial charge in [0.1, 0.15) is 17.5 Å². The lowest BCUT2D eigenvalue weighted by atomic mass is 10.2. The van der Waals surface area contributed by atoms with E-state index in [-0.39, 0.29) is 5.56 Å². The van der Waals surface area contributed by atoms with E-state index >= 15 is 0 Å². The molecule has 1 aromatic carbocycles. The highest BCUT2D eigenvalue weighted by atomic mass is 16.4. The summed E-state index contributed by atoms with van der Waals surface area (Å²) in [5.41, 5.74) is 0.889. The van der Waals surface area contributed by atoms with Gasteiger partial charge in [-0.05, 0) is 31.2 Å². The molecule has 3 aromatic rings. The number of benzene rings is 1. The van der Waals surface area contributed by atoms with Crippen LogP contribution in [0.5, 0.6) is 0 Å². The molecule has 29 heavy (non-hydrogen) atoms. The second-order valence-corrected chi connectivity index (χ2v) is 6.69. The van der Waals surface area contributed by atoms with E-state index in [2.05, 4.69) is 35.1 Å². The molecule has 2 aromatic heterocycles. The minimum absolute atomic E-state index is 0.222. The van der Waals surface area contributed by atoms with E-state index in [4.69, 9.17) is 5.11 Å². The quantitative estimate of drug-likeness (QED) is 0.677. The van der Waals surface area contributed by atoms with Crippen molar-refractivity contribution in [2.45, 2.75) is 6.92 Å². The Morgan fingerprint density at radius 3 is 2.45 bits per heavy atom. The molecule has 0 saturated carbocycles. The van der Waals surface area contributed by atoms with Gasteiger partial charge in [0.05, 0.1) is 5.56 Å². The first-order valence-electron chi connectivity index (χ1n) is 9.31. The van der Waals surface area contributed by atoms with E-state index in [0.717, 1.165) is 37.9 Å². The summed E-state index contributed by atoms with van der Waals surface area (Å²) in [4.78, 5) is 33.2. The fraction of sp³-hybridized carbons (Fsp3) is 0.250. The van der Waals surface area contributed by atoms with Gasteiger partial charge in [-0.3, -0.25) is 0 Å². The zero-order valence-corrected chi connectivity index (χ0v) is 16.0. The van der Waals surface area contributed by atoms with Crippen LogP contribution in [0.1, 0.15) is 16.2 Å². The van der Waals surface area contributed by atoms with Crippen molar-refractivity contribution in [1.82, 2.24) is 19.9 Å². The van der Waals surface area contributed by atoms with E-state index in [1.165, 1.54) is 0 Å². The van der Waals surface area contributed by atoms with E-state index in [1.807, 2.05) is 25.1 Å². The van der Waals surface area contributed by atoms with Gasteiger partial charge in [0.15, 0.2) is 0 Å². The summed E-state index contributed by atoms with van der Waals surface area (Å²) >= 11 is 0. The van der Waals surface area contributed by atoms with Crippen LogP contribution in [0.15, 0.2) is 48.8 Å². The van der Waals surface area contributed by atoms with Crippen LogP contribution in [0, 0.1) is 6.92 Å². The molecule has 0 spiro atoms. The van der Waals surface area contributed by atoms with Crippen LogP contribution in [-0.2, 0) is 0 Å². The molecule has 3 heterocycles. The van der Waals surface area contributed by atoms with Gasteiger partial charge in [0, 0.05) is 50.3 Å². The number of hydrogen-bond acceptors (Lipinski definition) is 8. The maximum absolute atomic E-state index is 11.2. The molecule has 0 atom stereocenters. The summed E-state index contributed by atoms with van der Waals surface area (Å²) in [6.07, 6.45) is 3.50. The summed E-state index contributed by atoms with van der Waals surface area (Å²) in [7, 11) is 0. The van der Waals surface area contributed by atoms with Gasteiger partial charge in [0.2, 0.25) is 5.95 Å². The molecule has 0 bridgehead atoms. The second kappa shape index (κ2) is 8.09. The van der Waals surface area contributed by atoms with Crippen molar-refractivity contribution >= 4 is 29.2 Å². The van der Waals surface area contributed by atoms with E-state index in [9.17, 15) is 4.79 Å². The molecule has 1 aliphatic heterocycles. The van der Waals surface area contributed by atoms with Crippen molar-refractivity contribution in [3.63, 3.8) is 0 Å². The van der Waals surface area contributed by atoms with Crippen LogP contribution < -0.4 is 15.1 Å². The van der Waals surface area contributed by atoms with Crippen molar-refractivity contribution < 1.29 is 9.90 Å². The van der Waals surface area contributed by atoms with Crippen LogP contribution in [-0.4, -0.2) is 57.2 Å². The van der Waals surface area contributed by atoms with Crippen LogP contribution in [0.3, 0.4) is 0 Å². The first-order valence-corrected chi connectivity index (χ1v) is 9.31. The van der Waals surface area contributed by atoms with Crippen LogP contribution in [0.25, 0.3) is 0 Å². The van der Waals surface area contributed by atoms with Gasteiger partial charge >= 0.3 is 5.97 Å². The summed E-state index contributed by atoms with van der Waals surface area (Å²) in [5.74, 6) is 1.89. The number of aromatic nitrogens is 4. The van der Waals surface area contributed by atoms with Gasteiger partial charge in [0.25, 0.3) is 0 Å². The largest absolute Gasteiger partial charge is 0.478 e. The first kappa shape index (κ1) is 18.6. The summed E-state index contributed by atoms with van der Waals surface area (Å²) < 4.78 is 0. The van der Waals surface area contributed by atoms with E-state index in [1.54, 1.807) is 30.6 Å². The first-order chi connectivity index (χ1) is 14.1. The van der Waals surface area contributed by atoms with Gasteiger partial charge in [-0.25, -0.2) is 24.7 Å². The molecular weight excluding hydrogens is 370 g/mol. The molecule has 1 aliphatic rings. The highest BCUT2D eigenvalue weighted by Gasteiger charge is 2.20. The number of rotatable bonds is 5. The van der Waals surface area contributed by atoms with Gasteiger partial charge in [-0.15, -0.1) is 0 Å². The molecular formula is C20H21N7O2. The Balaban J connectivity index is 1.48. The lowest BCUT2D eigenvalue weighted by Gasteiger charge is -2.35. The average Bonchev–Trinajstić information content (AvgIpc) is 2.74. The SMILES string of the molecule is Cc1nc(Nc2cccc(C(=O)O)c2)cc(N2CCN(c3ncccn3)CC2)n1. The van der Waals surface area contributed by atoms with Crippen LogP contribution >= 0.6 is 0 Å². The molecule has 1 saturated heterocycles. The number of aromatic carboxylic acids is 1. The van der Waals surface area contributed by atoms with Crippen molar-refractivity contribution in [1.29, 1.82) is 0 Å².